The Hall–Kier alpha value is -2.15. The van der Waals surface area contributed by atoms with Crippen molar-refractivity contribution in [3.8, 4) is 17.2 Å². The Kier molecular flexibility index (Phi) is 6.61. The summed E-state index contributed by atoms with van der Waals surface area (Å²) in [6, 6.07) is 3.12. The van der Waals surface area contributed by atoms with E-state index in [-0.39, 0.29) is 13.0 Å². The summed E-state index contributed by atoms with van der Waals surface area (Å²) in [6.07, 6.45) is -2.09. The van der Waals surface area contributed by atoms with E-state index in [2.05, 4.69) is 10.0 Å². The number of benzene rings is 1. The zero-order valence-electron chi connectivity index (χ0n) is 12.2. The third-order valence-electron chi connectivity index (χ3n) is 2.98. The number of nitrogens with zero attached hydrogens (tertiary/aromatic N) is 3. The molecule has 0 aliphatic heterocycles. The van der Waals surface area contributed by atoms with Crippen molar-refractivity contribution in [1.82, 2.24) is 0 Å². The van der Waals surface area contributed by atoms with E-state index in [1.54, 1.807) is 12.1 Å². The fourth-order valence-electron chi connectivity index (χ4n) is 1.89. The molecule has 21 heavy (non-hydrogen) atoms. The van der Waals surface area contributed by atoms with Crippen molar-refractivity contribution < 1.29 is 24.4 Å². The molecule has 0 heterocycles. The van der Waals surface area contributed by atoms with Gasteiger partial charge >= 0.3 is 0 Å². The minimum Gasteiger partial charge on any atom is -0.493 e. The van der Waals surface area contributed by atoms with Crippen LogP contribution in [0.2, 0.25) is 0 Å². The SMILES string of the molecule is COc1cc(C(O)C(O)CCN=[N+]=[N-])cc(OC)c1OC. The molecule has 2 atom stereocenters. The highest BCUT2D eigenvalue weighted by molar-refractivity contribution is 5.54. The first kappa shape index (κ1) is 16.9. The molecule has 0 radical (unpaired) electrons. The zero-order valence-corrected chi connectivity index (χ0v) is 12.2. The molecule has 8 heteroatoms. The molecule has 0 aliphatic carbocycles. The van der Waals surface area contributed by atoms with Crippen LogP contribution in [0.1, 0.15) is 18.1 Å². The number of hydrogen-bond acceptors (Lipinski definition) is 6. The van der Waals surface area contributed by atoms with E-state index in [9.17, 15) is 10.2 Å². The average Bonchev–Trinajstić information content (AvgIpc) is 2.52. The summed E-state index contributed by atoms with van der Waals surface area (Å²) >= 11 is 0. The fourth-order valence-corrected chi connectivity index (χ4v) is 1.89. The predicted octanol–water partition coefficient (Wildman–Crippen LogP) is 1.81. The standard InChI is InChI=1S/C13H19N3O5/c1-19-10-6-8(7-11(20-2)13(10)21-3)12(18)9(17)4-5-15-16-14/h6-7,9,12,17-18H,4-5H2,1-3H3. The Morgan fingerprint density at radius 2 is 1.71 bits per heavy atom. The van der Waals surface area contributed by atoms with E-state index in [1.807, 2.05) is 0 Å². The fraction of sp³-hybridized carbons (Fsp3) is 0.538. The molecule has 0 fully saturated rings. The number of methoxy groups -OCH3 is 3. The van der Waals surface area contributed by atoms with Gasteiger partial charge in [0.15, 0.2) is 11.5 Å². The maximum absolute atomic E-state index is 10.2. The van der Waals surface area contributed by atoms with Crippen LogP contribution in [0, 0.1) is 0 Å². The Balaban J connectivity index is 3.03. The van der Waals surface area contributed by atoms with Gasteiger partial charge < -0.3 is 24.4 Å². The molecule has 1 rings (SSSR count). The van der Waals surface area contributed by atoms with Gasteiger partial charge in [-0.25, -0.2) is 0 Å². The van der Waals surface area contributed by atoms with Gasteiger partial charge in [0.25, 0.3) is 0 Å². The van der Waals surface area contributed by atoms with E-state index in [4.69, 9.17) is 19.7 Å². The van der Waals surface area contributed by atoms with Gasteiger partial charge in [0.2, 0.25) is 5.75 Å². The molecule has 2 N–H and O–H groups in total. The van der Waals surface area contributed by atoms with Gasteiger partial charge in [-0.3, -0.25) is 0 Å². The van der Waals surface area contributed by atoms with E-state index in [0.29, 0.717) is 22.8 Å². The molecule has 0 aliphatic rings. The lowest BCUT2D eigenvalue weighted by Crippen LogP contribution is -2.19. The van der Waals surface area contributed by atoms with Crippen molar-refractivity contribution in [3.63, 3.8) is 0 Å². The van der Waals surface area contributed by atoms with E-state index in [0.717, 1.165) is 0 Å². The monoisotopic (exact) mass is 297 g/mol. The third-order valence-corrected chi connectivity index (χ3v) is 2.98. The molecule has 1 aromatic carbocycles. The minimum atomic E-state index is -1.16. The average molecular weight is 297 g/mol. The Morgan fingerprint density at radius 1 is 1.14 bits per heavy atom. The summed E-state index contributed by atoms with van der Waals surface area (Å²) in [5, 5.41) is 23.4. The Morgan fingerprint density at radius 3 is 2.14 bits per heavy atom. The second-order valence-corrected chi connectivity index (χ2v) is 4.21. The second-order valence-electron chi connectivity index (χ2n) is 4.21. The van der Waals surface area contributed by atoms with Crippen LogP contribution >= 0.6 is 0 Å². The van der Waals surface area contributed by atoms with Crippen LogP contribution in [-0.2, 0) is 0 Å². The van der Waals surface area contributed by atoms with Gasteiger partial charge in [-0.15, -0.1) is 0 Å². The highest BCUT2D eigenvalue weighted by Crippen LogP contribution is 2.40. The number of ether oxygens (including phenoxy) is 3. The van der Waals surface area contributed by atoms with Crippen molar-refractivity contribution in [2.24, 2.45) is 5.11 Å². The van der Waals surface area contributed by atoms with Crippen LogP contribution in [0.5, 0.6) is 17.2 Å². The Bertz CT molecular complexity index is 492. The number of hydrogen-bond donors (Lipinski definition) is 2. The summed E-state index contributed by atoms with van der Waals surface area (Å²) in [5.41, 5.74) is 8.61. The van der Waals surface area contributed by atoms with Crippen molar-refractivity contribution in [2.45, 2.75) is 18.6 Å². The van der Waals surface area contributed by atoms with Crippen molar-refractivity contribution in [2.75, 3.05) is 27.9 Å². The van der Waals surface area contributed by atoms with Crippen LogP contribution in [0.3, 0.4) is 0 Å². The van der Waals surface area contributed by atoms with Crippen LogP contribution in [0.4, 0.5) is 0 Å². The molecule has 8 nitrogen and oxygen atoms in total. The van der Waals surface area contributed by atoms with E-state index in [1.165, 1.54) is 21.3 Å². The zero-order chi connectivity index (χ0) is 15.8. The molecular formula is C13H19N3O5. The summed E-state index contributed by atoms with van der Waals surface area (Å²) in [4.78, 5) is 2.59. The van der Waals surface area contributed by atoms with E-state index < -0.39 is 12.2 Å². The van der Waals surface area contributed by atoms with Crippen molar-refractivity contribution in [3.05, 3.63) is 28.1 Å². The number of rotatable bonds is 8. The van der Waals surface area contributed by atoms with Gasteiger partial charge in [0.1, 0.15) is 6.10 Å². The Labute approximate surface area is 122 Å². The number of azide groups is 1. The normalized spacial score (nSPS) is 13.0. The first-order chi connectivity index (χ1) is 10.1. The van der Waals surface area contributed by atoms with Crippen LogP contribution in [0.25, 0.3) is 10.4 Å². The highest BCUT2D eigenvalue weighted by Gasteiger charge is 2.22. The number of aliphatic hydroxyl groups excluding tert-OH is 2. The molecule has 2 unspecified atom stereocenters. The van der Waals surface area contributed by atoms with Crippen molar-refractivity contribution >= 4 is 0 Å². The minimum absolute atomic E-state index is 0.0964. The maximum Gasteiger partial charge on any atom is 0.203 e. The second kappa shape index (κ2) is 8.21. The maximum atomic E-state index is 10.2. The largest absolute Gasteiger partial charge is 0.493 e. The lowest BCUT2D eigenvalue weighted by molar-refractivity contribution is 0.0148. The van der Waals surface area contributed by atoms with Gasteiger partial charge in [0, 0.05) is 11.5 Å². The van der Waals surface area contributed by atoms with Crippen molar-refractivity contribution in [1.29, 1.82) is 0 Å². The lowest BCUT2D eigenvalue weighted by atomic mass is 10.0. The molecule has 116 valence electrons. The molecule has 0 spiro atoms. The van der Waals surface area contributed by atoms with Crippen LogP contribution in [-0.4, -0.2) is 44.2 Å². The highest BCUT2D eigenvalue weighted by atomic mass is 16.5. The lowest BCUT2D eigenvalue weighted by Gasteiger charge is -2.20. The molecular weight excluding hydrogens is 278 g/mol. The summed E-state index contributed by atoms with van der Waals surface area (Å²) in [5.74, 6) is 1.17. The quantitative estimate of drug-likeness (QED) is 0.431. The van der Waals surface area contributed by atoms with Crippen LogP contribution < -0.4 is 14.2 Å². The molecule has 0 aromatic heterocycles. The first-order valence-corrected chi connectivity index (χ1v) is 6.25. The van der Waals surface area contributed by atoms with Crippen LogP contribution in [0.15, 0.2) is 17.2 Å². The molecule has 0 saturated carbocycles. The summed E-state index contributed by atoms with van der Waals surface area (Å²) in [7, 11) is 4.41. The van der Waals surface area contributed by atoms with Gasteiger partial charge in [-0.05, 0) is 29.6 Å². The molecule has 1 aromatic rings. The van der Waals surface area contributed by atoms with E-state index >= 15 is 0 Å². The van der Waals surface area contributed by atoms with Gasteiger partial charge in [-0.1, -0.05) is 5.11 Å². The predicted molar refractivity (Wildman–Crippen MR) is 75.7 cm³/mol. The topological polar surface area (TPSA) is 117 Å². The van der Waals surface area contributed by atoms with Gasteiger partial charge in [0.05, 0.1) is 27.4 Å². The number of aliphatic hydroxyl groups is 2. The first-order valence-electron chi connectivity index (χ1n) is 6.25. The molecule has 0 bridgehead atoms. The molecule has 0 saturated heterocycles. The smallest absolute Gasteiger partial charge is 0.203 e. The summed E-state index contributed by atoms with van der Waals surface area (Å²) < 4.78 is 15.6. The summed E-state index contributed by atoms with van der Waals surface area (Å²) in [6.45, 7) is 0.0964. The molecule has 0 amide bonds. The third kappa shape index (κ3) is 4.16. The van der Waals surface area contributed by atoms with Gasteiger partial charge in [-0.2, -0.15) is 0 Å².